The summed E-state index contributed by atoms with van der Waals surface area (Å²) in [4.78, 5) is 2.71. The molecule has 0 spiro atoms. The Balaban J connectivity index is 2.51. The zero-order chi connectivity index (χ0) is 14.1. The normalized spacial score (nSPS) is 24.3. The number of likely N-dealkylation sites (tertiary alicyclic amines) is 1. The average molecular weight is 268 g/mol. The van der Waals surface area contributed by atoms with Crippen molar-refractivity contribution >= 4 is 0 Å². The molecule has 0 aromatic rings. The molecule has 0 amide bonds. The van der Waals surface area contributed by atoms with Crippen molar-refractivity contribution in [1.82, 2.24) is 4.90 Å². The molecule has 0 aromatic carbocycles. The molecule has 1 aliphatic heterocycles. The molecule has 2 nitrogen and oxygen atoms in total. The standard InChI is InChI=1S/C17H36N2/c1-4-6-8-9-13-17(3,12-7-5-2)19-14-10-11-16(18)15-19/h16H,4-15,18H2,1-3H3. The molecule has 0 radical (unpaired) electrons. The molecule has 1 saturated heterocycles. The number of piperidine rings is 1. The van der Waals surface area contributed by atoms with Crippen molar-refractivity contribution in [2.24, 2.45) is 5.73 Å². The molecule has 1 fully saturated rings. The number of hydrogen-bond acceptors (Lipinski definition) is 2. The number of nitrogens with two attached hydrogens (primary N) is 1. The van der Waals surface area contributed by atoms with Crippen LogP contribution < -0.4 is 5.73 Å². The van der Waals surface area contributed by atoms with Crippen LogP contribution in [0.1, 0.15) is 85.0 Å². The van der Waals surface area contributed by atoms with Gasteiger partial charge in [-0.15, -0.1) is 0 Å². The van der Waals surface area contributed by atoms with Gasteiger partial charge in [0.05, 0.1) is 0 Å². The molecule has 19 heavy (non-hydrogen) atoms. The quantitative estimate of drug-likeness (QED) is 0.631. The lowest BCUT2D eigenvalue weighted by atomic mass is 9.85. The molecule has 0 saturated carbocycles. The van der Waals surface area contributed by atoms with Gasteiger partial charge in [-0.2, -0.15) is 0 Å². The number of rotatable bonds is 9. The van der Waals surface area contributed by atoms with Gasteiger partial charge in [-0.05, 0) is 39.2 Å². The molecule has 0 aromatic heterocycles. The second-order valence-electron chi connectivity index (χ2n) is 6.76. The molecular formula is C17H36N2. The maximum Gasteiger partial charge on any atom is 0.0182 e. The van der Waals surface area contributed by atoms with Crippen molar-refractivity contribution in [2.75, 3.05) is 13.1 Å². The van der Waals surface area contributed by atoms with E-state index in [0.29, 0.717) is 11.6 Å². The molecule has 1 rings (SSSR count). The second kappa shape index (κ2) is 8.97. The first-order chi connectivity index (χ1) is 9.12. The number of hydrogen-bond donors (Lipinski definition) is 1. The Bertz CT molecular complexity index is 229. The smallest absolute Gasteiger partial charge is 0.0182 e. The Hall–Kier alpha value is -0.0800. The fourth-order valence-electron chi connectivity index (χ4n) is 3.43. The Morgan fingerprint density at radius 2 is 1.74 bits per heavy atom. The van der Waals surface area contributed by atoms with E-state index in [0.717, 1.165) is 6.54 Å². The average Bonchev–Trinajstić information content (AvgIpc) is 2.41. The minimum Gasteiger partial charge on any atom is -0.327 e. The van der Waals surface area contributed by atoms with Crippen LogP contribution in [0.2, 0.25) is 0 Å². The van der Waals surface area contributed by atoms with Gasteiger partial charge >= 0.3 is 0 Å². The van der Waals surface area contributed by atoms with E-state index in [1.807, 2.05) is 0 Å². The zero-order valence-electron chi connectivity index (χ0n) is 13.6. The van der Waals surface area contributed by atoms with Crippen LogP contribution in [0.4, 0.5) is 0 Å². The van der Waals surface area contributed by atoms with Gasteiger partial charge in [-0.3, -0.25) is 4.90 Å². The van der Waals surface area contributed by atoms with Crippen LogP contribution in [0.15, 0.2) is 0 Å². The molecule has 2 heteroatoms. The fraction of sp³-hybridized carbons (Fsp3) is 1.00. The van der Waals surface area contributed by atoms with Crippen LogP contribution in [-0.4, -0.2) is 29.6 Å². The monoisotopic (exact) mass is 268 g/mol. The van der Waals surface area contributed by atoms with E-state index >= 15 is 0 Å². The van der Waals surface area contributed by atoms with E-state index in [-0.39, 0.29) is 0 Å². The van der Waals surface area contributed by atoms with Gasteiger partial charge in [0.15, 0.2) is 0 Å². The Morgan fingerprint density at radius 1 is 1.05 bits per heavy atom. The summed E-state index contributed by atoms with van der Waals surface area (Å²) in [7, 11) is 0. The van der Waals surface area contributed by atoms with E-state index in [1.54, 1.807) is 0 Å². The van der Waals surface area contributed by atoms with Crippen LogP contribution >= 0.6 is 0 Å². The van der Waals surface area contributed by atoms with Gasteiger partial charge in [0.2, 0.25) is 0 Å². The largest absolute Gasteiger partial charge is 0.327 e. The van der Waals surface area contributed by atoms with Gasteiger partial charge in [0.1, 0.15) is 0 Å². The second-order valence-corrected chi connectivity index (χ2v) is 6.76. The summed E-state index contributed by atoms with van der Waals surface area (Å²) in [6, 6.07) is 0.408. The third-order valence-corrected chi connectivity index (χ3v) is 4.86. The van der Waals surface area contributed by atoms with Gasteiger partial charge < -0.3 is 5.73 Å². The van der Waals surface area contributed by atoms with Crippen molar-refractivity contribution in [3.05, 3.63) is 0 Å². The maximum atomic E-state index is 6.19. The van der Waals surface area contributed by atoms with E-state index in [2.05, 4.69) is 25.7 Å². The maximum absolute atomic E-state index is 6.19. The third kappa shape index (κ3) is 5.83. The highest BCUT2D eigenvalue weighted by Crippen LogP contribution is 2.31. The Morgan fingerprint density at radius 3 is 2.37 bits per heavy atom. The highest BCUT2D eigenvalue weighted by Gasteiger charge is 2.33. The highest BCUT2D eigenvalue weighted by atomic mass is 15.2. The lowest BCUT2D eigenvalue weighted by Gasteiger charge is -2.45. The lowest BCUT2D eigenvalue weighted by Crippen LogP contribution is -2.54. The van der Waals surface area contributed by atoms with Crippen LogP contribution in [0.3, 0.4) is 0 Å². The van der Waals surface area contributed by atoms with Crippen molar-refractivity contribution in [3.63, 3.8) is 0 Å². The summed E-state index contributed by atoms with van der Waals surface area (Å²) in [6.07, 6.45) is 13.4. The van der Waals surface area contributed by atoms with Crippen molar-refractivity contribution in [2.45, 2.75) is 96.6 Å². The summed E-state index contributed by atoms with van der Waals surface area (Å²) >= 11 is 0. The van der Waals surface area contributed by atoms with Gasteiger partial charge in [-0.1, -0.05) is 52.4 Å². The zero-order valence-corrected chi connectivity index (χ0v) is 13.6. The minimum absolute atomic E-state index is 0.405. The van der Waals surface area contributed by atoms with Gasteiger partial charge in [-0.25, -0.2) is 0 Å². The van der Waals surface area contributed by atoms with Gasteiger partial charge in [0.25, 0.3) is 0 Å². The first-order valence-electron chi connectivity index (χ1n) is 8.63. The fourth-order valence-corrected chi connectivity index (χ4v) is 3.43. The molecular weight excluding hydrogens is 232 g/mol. The first-order valence-corrected chi connectivity index (χ1v) is 8.63. The molecule has 2 N–H and O–H groups in total. The molecule has 2 atom stereocenters. The van der Waals surface area contributed by atoms with Crippen molar-refractivity contribution in [3.8, 4) is 0 Å². The summed E-state index contributed by atoms with van der Waals surface area (Å²) < 4.78 is 0. The molecule has 114 valence electrons. The van der Waals surface area contributed by atoms with E-state index < -0.39 is 0 Å². The SMILES string of the molecule is CCCCCCC(C)(CCCC)N1CCCC(N)C1. The Kier molecular flexibility index (Phi) is 8.01. The molecule has 2 unspecified atom stereocenters. The summed E-state index contributed by atoms with van der Waals surface area (Å²) in [5.74, 6) is 0. The van der Waals surface area contributed by atoms with Gasteiger partial charge in [0, 0.05) is 18.1 Å². The molecule has 0 aliphatic carbocycles. The van der Waals surface area contributed by atoms with E-state index in [1.165, 1.54) is 70.8 Å². The molecule has 1 heterocycles. The summed E-state index contributed by atoms with van der Waals surface area (Å²) in [5.41, 5.74) is 6.59. The van der Waals surface area contributed by atoms with Crippen LogP contribution in [-0.2, 0) is 0 Å². The Labute approximate surface area is 121 Å². The predicted octanol–water partition coefficient (Wildman–Crippen LogP) is 4.33. The highest BCUT2D eigenvalue weighted by molar-refractivity contribution is 4.90. The lowest BCUT2D eigenvalue weighted by molar-refractivity contribution is 0.0534. The van der Waals surface area contributed by atoms with Crippen molar-refractivity contribution < 1.29 is 0 Å². The summed E-state index contributed by atoms with van der Waals surface area (Å²) in [5, 5.41) is 0. The van der Waals surface area contributed by atoms with E-state index in [9.17, 15) is 0 Å². The van der Waals surface area contributed by atoms with Crippen molar-refractivity contribution in [1.29, 1.82) is 0 Å². The minimum atomic E-state index is 0.405. The summed E-state index contributed by atoms with van der Waals surface area (Å²) in [6.45, 7) is 9.47. The molecule has 1 aliphatic rings. The third-order valence-electron chi connectivity index (χ3n) is 4.86. The van der Waals surface area contributed by atoms with Crippen LogP contribution in [0, 0.1) is 0 Å². The number of unbranched alkanes of at least 4 members (excludes halogenated alkanes) is 4. The first kappa shape index (κ1) is 17.0. The predicted molar refractivity (Wildman–Crippen MR) is 85.5 cm³/mol. The molecule has 0 bridgehead atoms. The topological polar surface area (TPSA) is 29.3 Å². The number of nitrogens with zero attached hydrogens (tertiary/aromatic N) is 1. The van der Waals surface area contributed by atoms with E-state index in [4.69, 9.17) is 5.73 Å². The van der Waals surface area contributed by atoms with Crippen LogP contribution in [0.5, 0.6) is 0 Å². The van der Waals surface area contributed by atoms with Crippen LogP contribution in [0.25, 0.3) is 0 Å².